The van der Waals surface area contributed by atoms with Gasteiger partial charge in [-0.15, -0.1) is 11.3 Å². The molecule has 90 valence electrons. The van der Waals surface area contributed by atoms with Crippen molar-refractivity contribution in [2.24, 2.45) is 0 Å². The molecule has 0 saturated carbocycles. The van der Waals surface area contributed by atoms with E-state index in [0.717, 1.165) is 30.9 Å². The van der Waals surface area contributed by atoms with Crippen LogP contribution in [-0.4, -0.2) is 6.54 Å². The first kappa shape index (κ1) is 11.1. The topological polar surface area (TPSA) is 53.1 Å². The number of hydrogen-bond acceptors (Lipinski definition) is 4. The van der Waals surface area contributed by atoms with Crippen molar-refractivity contribution in [3.63, 3.8) is 0 Å². The van der Waals surface area contributed by atoms with E-state index in [4.69, 9.17) is 11.0 Å². The van der Waals surface area contributed by atoms with E-state index < -0.39 is 0 Å². The fourth-order valence-electron chi connectivity index (χ4n) is 2.34. The smallest absolute Gasteiger partial charge is 0.0992 e. The summed E-state index contributed by atoms with van der Waals surface area (Å²) in [6.07, 6.45) is 1.06. The Morgan fingerprint density at radius 1 is 1.33 bits per heavy atom. The van der Waals surface area contributed by atoms with Crippen molar-refractivity contribution < 1.29 is 0 Å². The zero-order valence-corrected chi connectivity index (χ0v) is 10.7. The van der Waals surface area contributed by atoms with Crippen LogP contribution in [0.3, 0.4) is 0 Å². The van der Waals surface area contributed by atoms with Crippen LogP contribution in [0, 0.1) is 11.3 Å². The van der Waals surface area contributed by atoms with Crippen LogP contribution in [0.15, 0.2) is 29.6 Å². The molecule has 0 aliphatic carbocycles. The van der Waals surface area contributed by atoms with Crippen molar-refractivity contribution in [3.05, 3.63) is 45.6 Å². The summed E-state index contributed by atoms with van der Waals surface area (Å²) in [5.74, 6) is 0. The summed E-state index contributed by atoms with van der Waals surface area (Å²) >= 11 is 1.82. The first-order chi connectivity index (χ1) is 8.78. The minimum atomic E-state index is 0.662. The number of nitrogen functional groups attached to an aromatic ring is 1. The number of nitrogens with zero attached hydrogens (tertiary/aromatic N) is 2. The molecule has 2 N–H and O–H groups in total. The maximum absolute atomic E-state index is 8.97. The molecule has 3 nitrogen and oxygen atoms in total. The van der Waals surface area contributed by atoms with Crippen LogP contribution in [0.5, 0.6) is 0 Å². The Hall–Kier alpha value is -1.99. The Kier molecular flexibility index (Phi) is 2.69. The minimum Gasteiger partial charge on any atom is -0.397 e. The molecule has 0 atom stereocenters. The zero-order chi connectivity index (χ0) is 12.5. The van der Waals surface area contributed by atoms with Crippen LogP contribution < -0.4 is 10.6 Å². The van der Waals surface area contributed by atoms with E-state index in [-0.39, 0.29) is 0 Å². The van der Waals surface area contributed by atoms with Gasteiger partial charge in [-0.1, -0.05) is 0 Å². The molecule has 1 aromatic carbocycles. The third-order valence-corrected chi connectivity index (χ3v) is 4.33. The number of nitrogens with two attached hydrogens (primary N) is 1. The quantitative estimate of drug-likeness (QED) is 0.797. The lowest BCUT2D eigenvalue weighted by Gasteiger charge is -2.30. The normalized spacial score (nSPS) is 14.1. The number of anilines is 2. The molecule has 0 saturated heterocycles. The molecule has 1 aliphatic rings. The van der Waals surface area contributed by atoms with Gasteiger partial charge in [0.25, 0.3) is 0 Å². The lowest BCUT2D eigenvalue weighted by molar-refractivity contribution is 0.745. The number of thiophene rings is 1. The summed E-state index contributed by atoms with van der Waals surface area (Å²) < 4.78 is 0. The van der Waals surface area contributed by atoms with Crippen LogP contribution >= 0.6 is 11.3 Å². The molecular weight excluding hydrogens is 242 g/mol. The van der Waals surface area contributed by atoms with Gasteiger partial charge in [0.2, 0.25) is 0 Å². The number of rotatable bonds is 1. The van der Waals surface area contributed by atoms with Crippen molar-refractivity contribution >= 4 is 22.7 Å². The van der Waals surface area contributed by atoms with Crippen LogP contribution in [0.1, 0.15) is 16.0 Å². The lowest BCUT2D eigenvalue weighted by atomic mass is 10.1. The van der Waals surface area contributed by atoms with Crippen molar-refractivity contribution in [1.29, 1.82) is 5.26 Å². The van der Waals surface area contributed by atoms with E-state index in [9.17, 15) is 0 Å². The fourth-order valence-corrected chi connectivity index (χ4v) is 3.23. The summed E-state index contributed by atoms with van der Waals surface area (Å²) in [6.45, 7) is 1.85. The first-order valence-electron chi connectivity index (χ1n) is 5.88. The molecule has 18 heavy (non-hydrogen) atoms. The van der Waals surface area contributed by atoms with Gasteiger partial charge in [0.05, 0.1) is 23.0 Å². The molecule has 1 aromatic heterocycles. The molecule has 3 rings (SSSR count). The van der Waals surface area contributed by atoms with Gasteiger partial charge in [0.1, 0.15) is 0 Å². The second-order valence-corrected chi connectivity index (χ2v) is 5.43. The first-order valence-corrected chi connectivity index (χ1v) is 6.75. The lowest BCUT2D eigenvalue weighted by Crippen LogP contribution is -2.30. The SMILES string of the molecule is N#Cc1ccc(N)c(N2CCc3sccc3C2)c1. The van der Waals surface area contributed by atoms with Crippen molar-refractivity contribution in [2.75, 3.05) is 17.2 Å². The van der Waals surface area contributed by atoms with E-state index in [1.54, 1.807) is 6.07 Å². The van der Waals surface area contributed by atoms with Gasteiger partial charge in [0.15, 0.2) is 0 Å². The number of fused-ring (bicyclic) bond motifs is 1. The van der Waals surface area contributed by atoms with Gasteiger partial charge in [-0.2, -0.15) is 5.26 Å². The molecule has 0 radical (unpaired) electrons. The summed E-state index contributed by atoms with van der Waals surface area (Å²) in [5.41, 5.74) is 9.79. The molecular formula is C14H13N3S. The van der Waals surface area contributed by atoms with E-state index in [1.807, 2.05) is 23.5 Å². The predicted molar refractivity (Wildman–Crippen MR) is 74.6 cm³/mol. The Labute approximate surface area is 110 Å². The zero-order valence-electron chi connectivity index (χ0n) is 9.89. The monoisotopic (exact) mass is 255 g/mol. The Morgan fingerprint density at radius 2 is 2.22 bits per heavy atom. The fraction of sp³-hybridized carbons (Fsp3) is 0.214. The molecule has 1 aliphatic heterocycles. The van der Waals surface area contributed by atoms with E-state index in [2.05, 4.69) is 22.4 Å². The van der Waals surface area contributed by atoms with Gasteiger partial charge in [-0.25, -0.2) is 0 Å². The Balaban J connectivity index is 1.95. The number of benzene rings is 1. The molecule has 0 bridgehead atoms. The molecule has 2 aromatic rings. The summed E-state index contributed by atoms with van der Waals surface area (Å²) in [7, 11) is 0. The number of nitriles is 1. The highest BCUT2D eigenvalue weighted by atomic mass is 32.1. The molecule has 0 amide bonds. The van der Waals surface area contributed by atoms with Gasteiger partial charge >= 0.3 is 0 Å². The van der Waals surface area contributed by atoms with Gasteiger partial charge in [-0.3, -0.25) is 0 Å². The highest BCUT2D eigenvalue weighted by Crippen LogP contribution is 2.31. The average molecular weight is 255 g/mol. The Morgan fingerprint density at radius 3 is 3.06 bits per heavy atom. The second kappa shape index (κ2) is 4.35. The van der Waals surface area contributed by atoms with Crippen LogP contribution in [0.4, 0.5) is 11.4 Å². The van der Waals surface area contributed by atoms with Gasteiger partial charge in [0, 0.05) is 18.0 Å². The van der Waals surface area contributed by atoms with Crippen LogP contribution in [0.2, 0.25) is 0 Å². The molecule has 2 heterocycles. The summed E-state index contributed by atoms with van der Waals surface area (Å²) in [5, 5.41) is 11.1. The maximum atomic E-state index is 8.97. The van der Waals surface area contributed by atoms with Gasteiger partial charge < -0.3 is 10.6 Å². The maximum Gasteiger partial charge on any atom is 0.0992 e. The molecule has 0 spiro atoms. The Bertz CT molecular complexity index is 624. The predicted octanol–water partition coefficient (Wildman–Crippen LogP) is 2.76. The molecule has 4 heteroatoms. The molecule has 0 fully saturated rings. The highest BCUT2D eigenvalue weighted by Gasteiger charge is 2.19. The van der Waals surface area contributed by atoms with Gasteiger partial charge in [-0.05, 0) is 41.6 Å². The summed E-state index contributed by atoms with van der Waals surface area (Å²) in [4.78, 5) is 3.73. The number of hydrogen-bond donors (Lipinski definition) is 1. The third kappa shape index (κ3) is 1.83. The van der Waals surface area contributed by atoms with Crippen LogP contribution in [0.25, 0.3) is 0 Å². The standard InChI is InChI=1S/C14H13N3S/c15-8-10-1-2-12(16)13(7-10)17-5-3-14-11(9-17)4-6-18-14/h1-2,4,6-7H,3,5,9,16H2. The third-order valence-electron chi connectivity index (χ3n) is 3.31. The second-order valence-electron chi connectivity index (χ2n) is 4.43. The summed E-state index contributed by atoms with van der Waals surface area (Å²) in [6, 6.07) is 9.81. The van der Waals surface area contributed by atoms with Crippen molar-refractivity contribution in [2.45, 2.75) is 13.0 Å². The van der Waals surface area contributed by atoms with Crippen LogP contribution in [-0.2, 0) is 13.0 Å². The minimum absolute atomic E-state index is 0.662. The van der Waals surface area contributed by atoms with E-state index in [1.165, 1.54) is 10.4 Å². The van der Waals surface area contributed by atoms with Crippen molar-refractivity contribution in [1.82, 2.24) is 0 Å². The largest absolute Gasteiger partial charge is 0.397 e. The average Bonchev–Trinajstić information content (AvgIpc) is 2.86. The van der Waals surface area contributed by atoms with Crippen molar-refractivity contribution in [3.8, 4) is 6.07 Å². The molecule has 0 unspecified atom stereocenters. The highest BCUT2D eigenvalue weighted by molar-refractivity contribution is 7.10. The van der Waals surface area contributed by atoms with E-state index in [0.29, 0.717) is 5.56 Å². The van der Waals surface area contributed by atoms with E-state index >= 15 is 0 Å².